The number of para-hydroxylation sites is 1. The lowest BCUT2D eigenvalue weighted by Crippen LogP contribution is -2.34. The minimum atomic E-state index is -0.740. The number of amides is 1. The van der Waals surface area contributed by atoms with Crippen LogP contribution in [0.1, 0.15) is 38.2 Å². The van der Waals surface area contributed by atoms with Crippen molar-refractivity contribution in [3.63, 3.8) is 0 Å². The van der Waals surface area contributed by atoms with Crippen LogP contribution in [0.15, 0.2) is 48.5 Å². The predicted octanol–water partition coefficient (Wildman–Crippen LogP) is 4.04. The number of rotatable bonds is 10. The van der Waals surface area contributed by atoms with Crippen LogP contribution in [-0.2, 0) is 20.8 Å². The van der Waals surface area contributed by atoms with Crippen molar-refractivity contribution >= 4 is 34.3 Å². The Balaban J connectivity index is 1.84. The van der Waals surface area contributed by atoms with Gasteiger partial charge in [0.15, 0.2) is 23.2 Å². The van der Waals surface area contributed by atoms with Gasteiger partial charge in [-0.2, -0.15) is 0 Å². The number of carbonyl (C=O) groups is 3. The van der Waals surface area contributed by atoms with Crippen molar-refractivity contribution in [2.24, 2.45) is 0 Å². The van der Waals surface area contributed by atoms with Gasteiger partial charge in [0.05, 0.1) is 33.1 Å². The minimum Gasteiger partial charge on any atom is -0.493 e. The van der Waals surface area contributed by atoms with Crippen molar-refractivity contribution in [3.8, 4) is 11.5 Å². The maximum Gasteiger partial charge on any atom is 0.350 e. The highest BCUT2D eigenvalue weighted by atomic mass is 32.1. The third-order valence-corrected chi connectivity index (χ3v) is 6.07. The minimum absolute atomic E-state index is 0.129. The Labute approximate surface area is 207 Å². The van der Waals surface area contributed by atoms with Gasteiger partial charge in [0.25, 0.3) is 5.91 Å². The van der Waals surface area contributed by atoms with Gasteiger partial charge in [-0.15, -0.1) is 0 Å². The van der Waals surface area contributed by atoms with E-state index in [9.17, 15) is 14.4 Å². The van der Waals surface area contributed by atoms with Gasteiger partial charge in [-0.1, -0.05) is 47.7 Å². The maximum atomic E-state index is 13.2. The lowest BCUT2D eigenvalue weighted by atomic mass is 10.2. The number of benzene rings is 2. The third-order valence-electron chi connectivity index (χ3n) is 4.91. The van der Waals surface area contributed by atoms with E-state index < -0.39 is 24.5 Å². The highest BCUT2D eigenvalue weighted by molar-refractivity contribution is 7.17. The molecule has 3 aromatic rings. The summed E-state index contributed by atoms with van der Waals surface area (Å²) in [5.74, 6) is -1.17. The molecule has 1 amide bonds. The fourth-order valence-electron chi connectivity index (χ4n) is 3.24. The topological polar surface area (TPSA) is 104 Å². The van der Waals surface area contributed by atoms with E-state index in [2.05, 4.69) is 4.98 Å². The first-order valence-electron chi connectivity index (χ1n) is 10.8. The number of ether oxygens (including phenoxy) is 4. The SMILES string of the molecule is CCOC(=O)c1sc(N(Cc2ccccc2)C(=O)COC(=O)c2cccc(OC)c2OC)nc1C. The predicted molar refractivity (Wildman–Crippen MR) is 130 cm³/mol. The molecule has 0 saturated heterocycles. The molecule has 35 heavy (non-hydrogen) atoms. The number of methoxy groups -OCH3 is 2. The van der Waals surface area contributed by atoms with Crippen molar-refractivity contribution in [1.82, 2.24) is 4.98 Å². The van der Waals surface area contributed by atoms with E-state index in [4.69, 9.17) is 18.9 Å². The molecule has 1 heterocycles. The molecule has 0 spiro atoms. The Morgan fingerprint density at radius 1 is 0.943 bits per heavy atom. The molecule has 0 aliphatic carbocycles. The summed E-state index contributed by atoms with van der Waals surface area (Å²) in [6.45, 7) is 3.24. The van der Waals surface area contributed by atoms with E-state index >= 15 is 0 Å². The number of hydrogen-bond donors (Lipinski definition) is 0. The Kier molecular flexibility index (Phi) is 8.80. The van der Waals surface area contributed by atoms with Gasteiger partial charge in [0.2, 0.25) is 0 Å². The molecule has 1 aromatic heterocycles. The highest BCUT2D eigenvalue weighted by Crippen LogP contribution is 2.31. The summed E-state index contributed by atoms with van der Waals surface area (Å²) in [5.41, 5.74) is 1.42. The molecule has 10 heteroatoms. The van der Waals surface area contributed by atoms with Gasteiger partial charge in [-0.3, -0.25) is 9.69 Å². The van der Waals surface area contributed by atoms with Gasteiger partial charge in [-0.25, -0.2) is 14.6 Å². The lowest BCUT2D eigenvalue weighted by molar-refractivity contribution is -0.121. The molecule has 0 aliphatic rings. The average Bonchev–Trinajstić information content (AvgIpc) is 3.26. The number of anilines is 1. The number of hydrogen-bond acceptors (Lipinski definition) is 9. The van der Waals surface area contributed by atoms with E-state index in [1.54, 1.807) is 26.0 Å². The maximum absolute atomic E-state index is 13.2. The first kappa shape index (κ1) is 25.7. The van der Waals surface area contributed by atoms with Crippen LogP contribution < -0.4 is 14.4 Å². The van der Waals surface area contributed by atoms with Crippen LogP contribution >= 0.6 is 11.3 Å². The summed E-state index contributed by atoms with van der Waals surface area (Å²) in [6.07, 6.45) is 0. The van der Waals surface area contributed by atoms with Crippen molar-refractivity contribution in [3.05, 3.63) is 70.2 Å². The molecule has 2 aromatic carbocycles. The van der Waals surface area contributed by atoms with Crippen LogP contribution in [0.4, 0.5) is 5.13 Å². The molecule has 0 atom stereocenters. The zero-order valence-corrected chi connectivity index (χ0v) is 20.7. The van der Waals surface area contributed by atoms with Crippen LogP contribution in [0.5, 0.6) is 11.5 Å². The smallest absolute Gasteiger partial charge is 0.350 e. The summed E-state index contributed by atoms with van der Waals surface area (Å²) < 4.78 is 20.9. The Hall–Kier alpha value is -3.92. The van der Waals surface area contributed by atoms with E-state index in [0.29, 0.717) is 21.5 Å². The fraction of sp³-hybridized carbons (Fsp3) is 0.280. The molecule has 9 nitrogen and oxygen atoms in total. The van der Waals surface area contributed by atoms with Crippen molar-refractivity contribution in [1.29, 1.82) is 0 Å². The fourth-order valence-corrected chi connectivity index (χ4v) is 4.22. The molecule has 0 saturated carbocycles. The van der Waals surface area contributed by atoms with Gasteiger partial charge >= 0.3 is 11.9 Å². The number of carbonyl (C=O) groups excluding carboxylic acids is 3. The summed E-state index contributed by atoms with van der Waals surface area (Å²) in [5, 5.41) is 0.300. The standard InChI is InChI=1S/C25H26N2O7S/c1-5-33-24(30)22-16(2)26-25(35-22)27(14-17-10-7-6-8-11-17)20(28)15-34-23(29)18-12-9-13-19(31-3)21(18)32-4/h6-13H,5,14-15H2,1-4H3. The third kappa shape index (κ3) is 6.15. The zero-order chi connectivity index (χ0) is 25.4. The second kappa shape index (κ2) is 12.0. The number of aryl methyl sites for hydroxylation is 1. The van der Waals surface area contributed by atoms with Gasteiger partial charge in [-0.05, 0) is 31.5 Å². The molecule has 0 fully saturated rings. The molecule has 0 bridgehead atoms. The summed E-state index contributed by atoms with van der Waals surface area (Å²) >= 11 is 1.05. The first-order valence-corrected chi connectivity index (χ1v) is 11.6. The second-order valence-corrected chi connectivity index (χ2v) is 8.19. The van der Waals surface area contributed by atoms with Crippen LogP contribution in [0.2, 0.25) is 0 Å². The summed E-state index contributed by atoms with van der Waals surface area (Å²) in [7, 11) is 2.87. The molecule has 184 valence electrons. The quantitative estimate of drug-likeness (QED) is 0.386. The molecule has 0 radical (unpaired) electrons. The first-order chi connectivity index (χ1) is 16.9. The van der Waals surface area contributed by atoms with Crippen molar-refractivity contribution < 1.29 is 33.3 Å². The van der Waals surface area contributed by atoms with Crippen molar-refractivity contribution in [2.45, 2.75) is 20.4 Å². The van der Waals surface area contributed by atoms with Crippen LogP contribution in [-0.4, -0.2) is 50.3 Å². The lowest BCUT2D eigenvalue weighted by Gasteiger charge is -2.20. The summed E-state index contributed by atoms with van der Waals surface area (Å²) in [4.78, 5) is 44.3. The highest BCUT2D eigenvalue weighted by Gasteiger charge is 2.26. The number of esters is 2. The van der Waals surface area contributed by atoms with E-state index in [0.717, 1.165) is 16.9 Å². The van der Waals surface area contributed by atoms with Crippen LogP contribution in [0, 0.1) is 6.92 Å². The number of aromatic nitrogens is 1. The van der Waals surface area contributed by atoms with Gasteiger partial charge in [0, 0.05) is 0 Å². The van der Waals surface area contributed by atoms with E-state index in [-0.39, 0.29) is 24.5 Å². The molecule has 3 rings (SSSR count). The Morgan fingerprint density at radius 2 is 1.69 bits per heavy atom. The average molecular weight is 499 g/mol. The Morgan fingerprint density at radius 3 is 2.34 bits per heavy atom. The van der Waals surface area contributed by atoms with Gasteiger partial charge < -0.3 is 18.9 Å². The normalized spacial score (nSPS) is 10.4. The van der Waals surface area contributed by atoms with E-state index in [1.165, 1.54) is 25.2 Å². The molecular weight excluding hydrogens is 472 g/mol. The summed E-state index contributed by atoms with van der Waals surface area (Å²) in [6, 6.07) is 14.1. The Bertz CT molecular complexity index is 1190. The van der Waals surface area contributed by atoms with Gasteiger partial charge in [0.1, 0.15) is 10.4 Å². The molecule has 0 unspecified atom stereocenters. The van der Waals surface area contributed by atoms with Crippen LogP contribution in [0.25, 0.3) is 0 Å². The number of nitrogens with zero attached hydrogens (tertiary/aromatic N) is 2. The molecule has 0 N–H and O–H groups in total. The van der Waals surface area contributed by atoms with Crippen LogP contribution in [0.3, 0.4) is 0 Å². The van der Waals surface area contributed by atoms with Crippen molar-refractivity contribution in [2.75, 3.05) is 32.3 Å². The monoisotopic (exact) mass is 498 g/mol. The molecule has 0 aliphatic heterocycles. The second-order valence-electron chi connectivity index (χ2n) is 7.21. The van der Waals surface area contributed by atoms with E-state index in [1.807, 2.05) is 30.3 Å². The number of thiazole rings is 1. The molecular formula is C25H26N2O7S. The zero-order valence-electron chi connectivity index (χ0n) is 19.9. The largest absolute Gasteiger partial charge is 0.493 e.